The van der Waals surface area contributed by atoms with Gasteiger partial charge in [-0.15, -0.1) is 0 Å². The predicted octanol–water partition coefficient (Wildman–Crippen LogP) is 2.28. The van der Waals surface area contributed by atoms with Gasteiger partial charge in [-0.05, 0) is 31.7 Å². The molecule has 6 nitrogen and oxygen atoms in total. The summed E-state index contributed by atoms with van der Waals surface area (Å²) < 4.78 is 5.22. The van der Waals surface area contributed by atoms with Crippen LogP contribution in [0.4, 0.5) is 4.79 Å². The highest BCUT2D eigenvalue weighted by Crippen LogP contribution is 2.17. The van der Waals surface area contributed by atoms with Crippen LogP contribution in [0.3, 0.4) is 0 Å². The molecule has 1 aromatic rings. The van der Waals surface area contributed by atoms with Gasteiger partial charge < -0.3 is 20.0 Å². The molecule has 1 unspecified atom stereocenters. The van der Waals surface area contributed by atoms with Crippen molar-refractivity contribution in [3.8, 4) is 0 Å². The zero-order valence-electron chi connectivity index (χ0n) is 14.2. The fraction of sp³-hybridized carbons (Fsp3) is 0.647. The Hall–Kier alpha value is -1.98. The summed E-state index contributed by atoms with van der Waals surface area (Å²) >= 11 is 0. The lowest BCUT2D eigenvalue weighted by molar-refractivity contribution is -0.126. The number of likely N-dealkylation sites (tertiary alicyclic amines) is 1. The fourth-order valence-corrected chi connectivity index (χ4v) is 2.70. The number of furan rings is 1. The van der Waals surface area contributed by atoms with Gasteiger partial charge in [0, 0.05) is 31.7 Å². The Morgan fingerprint density at radius 3 is 2.83 bits per heavy atom. The first kappa shape index (κ1) is 17.4. The lowest BCUT2D eigenvalue weighted by Gasteiger charge is -2.32. The van der Waals surface area contributed by atoms with Crippen LogP contribution in [0.5, 0.6) is 0 Å². The van der Waals surface area contributed by atoms with E-state index in [1.165, 1.54) is 0 Å². The summed E-state index contributed by atoms with van der Waals surface area (Å²) in [7, 11) is 0. The molecular weight excluding hydrogens is 294 g/mol. The quantitative estimate of drug-likeness (QED) is 0.874. The van der Waals surface area contributed by atoms with Crippen LogP contribution in [0.25, 0.3) is 0 Å². The van der Waals surface area contributed by atoms with E-state index in [9.17, 15) is 9.59 Å². The van der Waals surface area contributed by atoms with Crippen molar-refractivity contribution < 1.29 is 14.0 Å². The van der Waals surface area contributed by atoms with E-state index in [-0.39, 0.29) is 17.9 Å². The molecule has 3 amide bonds. The minimum absolute atomic E-state index is 0.00644. The first-order valence-electron chi connectivity index (χ1n) is 8.30. The highest BCUT2D eigenvalue weighted by atomic mass is 16.3. The molecule has 0 saturated carbocycles. The Kier molecular flexibility index (Phi) is 6.07. The van der Waals surface area contributed by atoms with Crippen LogP contribution in [0.15, 0.2) is 16.7 Å². The van der Waals surface area contributed by atoms with E-state index in [2.05, 4.69) is 24.5 Å². The van der Waals surface area contributed by atoms with E-state index in [1.807, 2.05) is 13.0 Å². The number of amides is 3. The van der Waals surface area contributed by atoms with Crippen molar-refractivity contribution in [1.29, 1.82) is 0 Å². The predicted molar refractivity (Wildman–Crippen MR) is 87.8 cm³/mol. The third kappa shape index (κ3) is 5.01. The van der Waals surface area contributed by atoms with Gasteiger partial charge in [0.25, 0.3) is 0 Å². The lowest BCUT2D eigenvalue weighted by Crippen LogP contribution is -2.49. The molecular formula is C17H27N3O3. The number of nitrogens with zero attached hydrogens (tertiary/aromatic N) is 1. The summed E-state index contributed by atoms with van der Waals surface area (Å²) in [4.78, 5) is 26.2. The Morgan fingerprint density at radius 2 is 2.17 bits per heavy atom. The molecule has 128 valence electrons. The standard InChI is InChI=1S/C17H27N3O3/c1-12(2)9-19-17(22)20-7-4-5-15(11-20)16(21)18-10-14-6-8-23-13(14)3/h6,8,12,15H,4-5,7,9-11H2,1-3H3,(H,18,21)(H,19,22). The molecule has 2 N–H and O–H groups in total. The van der Waals surface area contributed by atoms with E-state index in [0.29, 0.717) is 32.1 Å². The van der Waals surface area contributed by atoms with Crippen LogP contribution in [-0.2, 0) is 11.3 Å². The van der Waals surface area contributed by atoms with E-state index in [4.69, 9.17) is 4.42 Å². The number of aryl methyl sites for hydroxylation is 1. The van der Waals surface area contributed by atoms with Crippen LogP contribution < -0.4 is 10.6 Å². The molecule has 0 bridgehead atoms. The molecule has 0 aliphatic carbocycles. The molecule has 0 radical (unpaired) electrons. The summed E-state index contributed by atoms with van der Waals surface area (Å²) in [6.45, 7) is 8.33. The molecule has 1 aliphatic heterocycles. The van der Waals surface area contributed by atoms with Crippen molar-refractivity contribution in [2.75, 3.05) is 19.6 Å². The summed E-state index contributed by atoms with van der Waals surface area (Å²) in [6, 6.07) is 1.80. The number of piperidine rings is 1. The zero-order valence-corrected chi connectivity index (χ0v) is 14.2. The average Bonchev–Trinajstić information content (AvgIpc) is 2.95. The molecule has 1 aliphatic rings. The molecule has 2 rings (SSSR count). The second-order valence-electron chi connectivity index (χ2n) is 6.58. The highest BCUT2D eigenvalue weighted by molar-refractivity contribution is 5.80. The second-order valence-corrected chi connectivity index (χ2v) is 6.58. The number of carbonyl (C=O) groups excluding carboxylic acids is 2. The summed E-state index contributed by atoms with van der Waals surface area (Å²) in [5.41, 5.74) is 0.987. The van der Waals surface area contributed by atoms with E-state index >= 15 is 0 Å². The van der Waals surface area contributed by atoms with Gasteiger partial charge >= 0.3 is 6.03 Å². The topological polar surface area (TPSA) is 74.6 Å². The van der Waals surface area contributed by atoms with Crippen LogP contribution in [0.2, 0.25) is 0 Å². The monoisotopic (exact) mass is 321 g/mol. The maximum absolute atomic E-state index is 12.3. The highest BCUT2D eigenvalue weighted by Gasteiger charge is 2.28. The molecule has 2 heterocycles. The second kappa shape index (κ2) is 8.04. The van der Waals surface area contributed by atoms with Gasteiger partial charge in [0.05, 0.1) is 12.2 Å². The molecule has 23 heavy (non-hydrogen) atoms. The van der Waals surface area contributed by atoms with Crippen LogP contribution in [-0.4, -0.2) is 36.5 Å². The van der Waals surface area contributed by atoms with Crippen molar-refractivity contribution in [2.45, 2.75) is 40.2 Å². The van der Waals surface area contributed by atoms with E-state index in [1.54, 1.807) is 11.2 Å². The Morgan fingerprint density at radius 1 is 1.39 bits per heavy atom. The molecule has 6 heteroatoms. The maximum atomic E-state index is 12.3. The molecule has 1 saturated heterocycles. The van der Waals surface area contributed by atoms with Crippen LogP contribution >= 0.6 is 0 Å². The number of hydrogen-bond acceptors (Lipinski definition) is 3. The van der Waals surface area contributed by atoms with E-state index < -0.39 is 0 Å². The summed E-state index contributed by atoms with van der Waals surface area (Å²) in [5, 5.41) is 5.86. The van der Waals surface area contributed by atoms with Gasteiger partial charge in [-0.3, -0.25) is 4.79 Å². The third-order valence-electron chi connectivity index (χ3n) is 4.16. The average molecular weight is 321 g/mol. The van der Waals surface area contributed by atoms with Crippen molar-refractivity contribution in [2.24, 2.45) is 11.8 Å². The molecule has 1 atom stereocenters. The van der Waals surface area contributed by atoms with Crippen LogP contribution in [0.1, 0.15) is 38.0 Å². The number of urea groups is 1. The van der Waals surface area contributed by atoms with Crippen molar-refractivity contribution in [3.05, 3.63) is 23.7 Å². The van der Waals surface area contributed by atoms with Gasteiger partial charge in [0.1, 0.15) is 5.76 Å². The maximum Gasteiger partial charge on any atom is 0.317 e. The largest absolute Gasteiger partial charge is 0.469 e. The molecule has 1 aromatic heterocycles. The zero-order chi connectivity index (χ0) is 16.8. The van der Waals surface area contributed by atoms with Gasteiger partial charge in [-0.1, -0.05) is 13.8 Å². The number of rotatable bonds is 5. The van der Waals surface area contributed by atoms with Crippen LogP contribution in [0, 0.1) is 18.8 Å². The molecule has 1 fully saturated rings. The van der Waals surface area contributed by atoms with Gasteiger partial charge in [0.15, 0.2) is 0 Å². The number of nitrogens with one attached hydrogen (secondary N) is 2. The molecule has 0 spiro atoms. The number of hydrogen-bond donors (Lipinski definition) is 2. The minimum atomic E-state index is -0.138. The lowest BCUT2D eigenvalue weighted by atomic mass is 9.97. The normalized spacial score (nSPS) is 18.1. The van der Waals surface area contributed by atoms with Gasteiger partial charge in [-0.2, -0.15) is 0 Å². The first-order chi connectivity index (χ1) is 11.0. The fourth-order valence-electron chi connectivity index (χ4n) is 2.70. The Bertz CT molecular complexity index is 539. The van der Waals surface area contributed by atoms with Gasteiger partial charge in [-0.25, -0.2) is 4.79 Å². The Balaban J connectivity index is 1.81. The molecule has 0 aromatic carbocycles. The summed E-state index contributed by atoms with van der Waals surface area (Å²) in [6.07, 6.45) is 3.31. The van der Waals surface area contributed by atoms with Crippen molar-refractivity contribution in [1.82, 2.24) is 15.5 Å². The third-order valence-corrected chi connectivity index (χ3v) is 4.16. The van der Waals surface area contributed by atoms with Gasteiger partial charge in [0.2, 0.25) is 5.91 Å². The number of carbonyl (C=O) groups is 2. The van der Waals surface area contributed by atoms with E-state index in [0.717, 1.165) is 24.2 Å². The van der Waals surface area contributed by atoms with Crippen molar-refractivity contribution >= 4 is 11.9 Å². The SMILES string of the molecule is Cc1occc1CNC(=O)C1CCCN(C(=O)NCC(C)C)C1. The first-order valence-corrected chi connectivity index (χ1v) is 8.30. The van der Waals surface area contributed by atoms with Crippen molar-refractivity contribution in [3.63, 3.8) is 0 Å². The summed E-state index contributed by atoms with van der Waals surface area (Å²) in [5.74, 6) is 1.11. The Labute approximate surface area is 137 Å². The minimum Gasteiger partial charge on any atom is -0.469 e. The smallest absolute Gasteiger partial charge is 0.317 e.